The summed E-state index contributed by atoms with van der Waals surface area (Å²) in [6.45, 7) is 4.71. The van der Waals surface area contributed by atoms with Gasteiger partial charge in [-0.15, -0.1) is 24.0 Å². The van der Waals surface area contributed by atoms with E-state index in [4.69, 9.17) is 10.00 Å². The Morgan fingerprint density at radius 3 is 2.72 bits per heavy atom. The predicted octanol–water partition coefficient (Wildman–Crippen LogP) is 4.28. The van der Waals surface area contributed by atoms with Gasteiger partial charge in [-0.05, 0) is 49.2 Å². The number of aliphatic imine (C=N–C) groups is 1. The van der Waals surface area contributed by atoms with Crippen LogP contribution in [0.2, 0.25) is 0 Å². The maximum Gasteiger partial charge on any atom is 0.194 e. The number of ether oxygens (including phenoxy) is 1. The van der Waals surface area contributed by atoms with E-state index in [1.807, 2.05) is 25.1 Å². The molecule has 0 bridgehead atoms. The highest BCUT2D eigenvalue weighted by Gasteiger charge is 2.26. The molecule has 1 N–H and O–H groups in total. The Labute approximate surface area is 188 Å². The molecule has 29 heavy (non-hydrogen) atoms. The quantitative estimate of drug-likeness (QED) is 0.372. The maximum atomic E-state index is 14.0. The average Bonchev–Trinajstić information content (AvgIpc) is 3.22. The van der Waals surface area contributed by atoms with Gasteiger partial charge in [-0.3, -0.25) is 0 Å². The molecule has 3 rings (SSSR count). The van der Waals surface area contributed by atoms with Crippen LogP contribution in [0.3, 0.4) is 0 Å². The van der Waals surface area contributed by atoms with E-state index in [0.717, 1.165) is 37.8 Å². The number of hydrogen-bond donors (Lipinski definition) is 1. The molecule has 2 aromatic rings. The zero-order chi connectivity index (χ0) is 19.9. The molecular formula is C22H26FIN4O. The number of guanidine groups is 1. The average molecular weight is 508 g/mol. The first-order chi connectivity index (χ1) is 13.6. The van der Waals surface area contributed by atoms with E-state index >= 15 is 0 Å². The summed E-state index contributed by atoms with van der Waals surface area (Å²) in [5.41, 5.74) is 2.16. The molecule has 0 spiro atoms. The lowest BCUT2D eigenvalue weighted by Crippen LogP contribution is -2.40. The molecule has 0 radical (unpaired) electrons. The molecule has 0 saturated carbocycles. The van der Waals surface area contributed by atoms with Crippen LogP contribution in [0, 0.1) is 17.1 Å². The molecule has 5 nitrogen and oxygen atoms in total. The van der Waals surface area contributed by atoms with Crippen molar-refractivity contribution in [2.24, 2.45) is 4.99 Å². The fourth-order valence-electron chi connectivity index (χ4n) is 3.45. The molecule has 0 aromatic heterocycles. The lowest BCUT2D eigenvalue weighted by molar-refractivity contribution is 0.414. The van der Waals surface area contributed by atoms with Crippen LogP contribution < -0.4 is 10.1 Å². The number of benzene rings is 2. The highest BCUT2D eigenvalue weighted by molar-refractivity contribution is 14.0. The van der Waals surface area contributed by atoms with Gasteiger partial charge in [0.25, 0.3) is 0 Å². The van der Waals surface area contributed by atoms with Gasteiger partial charge in [-0.1, -0.05) is 12.1 Å². The minimum Gasteiger partial charge on any atom is -0.497 e. The summed E-state index contributed by atoms with van der Waals surface area (Å²) < 4.78 is 19.3. The normalized spacial score (nSPS) is 16.1. The van der Waals surface area contributed by atoms with Gasteiger partial charge in [-0.25, -0.2) is 9.38 Å². The zero-order valence-corrected chi connectivity index (χ0v) is 19.0. The van der Waals surface area contributed by atoms with E-state index in [-0.39, 0.29) is 36.3 Å². The molecule has 1 atom stereocenters. The summed E-state index contributed by atoms with van der Waals surface area (Å²) in [5.74, 6) is 1.72. The fraction of sp³-hybridized carbons (Fsp3) is 0.364. The van der Waals surface area contributed by atoms with Crippen LogP contribution in [0.4, 0.5) is 4.39 Å². The number of likely N-dealkylation sites (tertiary alicyclic amines) is 1. The molecule has 1 unspecified atom stereocenters. The SMILES string of the molecule is CCNC(=NCc1cc(C#N)ccc1F)N1CCC(c2ccc(OC)cc2)C1.I. The number of halogens is 2. The monoisotopic (exact) mass is 508 g/mol. The minimum absolute atomic E-state index is 0. The van der Waals surface area contributed by atoms with Crippen LogP contribution in [-0.4, -0.2) is 37.6 Å². The number of nitrogens with zero attached hydrogens (tertiary/aromatic N) is 3. The maximum absolute atomic E-state index is 14.0. The summed E-state index contributed by atoms with van der Waals surface area (Å²) >= 11 is 0. The largest absolute Gasteiger partial charge is 0.497 e. The van der Waals surface area contributed by atoms with Gasteiger partial charge in [0.2, 0.25) is 0 Å². The summed E-state index contributed by atoms with van der Waals surface area (Å²) in [6, 6.07) is 14.6. The second kappa shape index (κ2) is 11.0. The lowest BCUT2D eigenvalue weighted by atomic mass is 9.98. The van der Waals surface area contributed by atoms with Crippen LogP contribution in [0.5, 0.6) is 5.75 Å². The predicted molar refractivity (Wildman–Crippen MR) is 123 cm³/mol. The smallest absolute Gasteiger partial charge is 0.194 e. The van der Waals surface area contributed by atoms with E-state index in [2.05, 4.69) is 27.3 Å². The third-order valence-electron chi connectivity index (χ3n) is 4.98. The Morgan fingerprint density at radius 1 is 1.31 bits per heavy atom. The van der Waals surface area contributed by atoms with Crippen molar-refractivity contribution in [1.82, 2.24) is 10.2 Å². The number of hydrogen-bond acceptors (Lipinski definition) is 3. The van der Waals surface area contributed by atoms with Gasteiger partial charge in [-0.2, -0.15) is 5.26 Å². The second-order valence-corrected chi connectivity index (χ2v) is 6.79. The number of methoxy groups -OCH3 is 1. The minimum atomic E-state index is -0.337. The van der Waals surface area contributed by atoms with Crippen LogP contribution in [0.25, 0.3) is 0 Å². The third kappa shape index (κ3) is 5.82. The van der Waals surface area contributed by atoms with Crippen molar-refractivity contribution < 1.29 is 9.13 Å². The number of rotatable bonds is 5. The Morgan fingerprint density at radius 2 is 2.07 bits per heavy atom. The summed E-state index contributed by atoms with van der Waals surface area (Å²) in [7, 11) is 1.67. The number of nitrogens with one attached hydrogen (secondary N) is 1. The van der Waals surface area contributed by atoms with Crippen LogP contribution >= 0.6 is 24.0 Å². The van der Waals surface area contributed by atoms with Crippen molar-refractivity contribution in [3.63, 3.8) is 0 Å². The first-order valence-electron chi connectivity index (χ1n) is 9.50. The zero-order valence-electron chi connectivity index (χ0n) is 16.7. The highest BCUT2D eigenvalue weighted by Crippen LogP contribution is 2.28. The van der Waals surface area contributed by atoms with Gasteiger partial charge < -0.3 is 15.0 Å². The first-order valence-corrected chi connectivity index (χ1v) is 9.50. The van der Waals surface area contributed by atoms with Gasteiger partial charge >= 0.3 is 0 Å². The van der Waals surface area contributed by atoms with E-state index in [9.17, 15) is 4.39 Å². The van der Waals surface area contributed by atoms with Crippen molar-refractivity contribution >= 4 is 29.9 Å². The lowest BCUT2D eigenvalue weighted by Gasteiger charge is -2.22. The van der Waals surface area contributed by atoms with Crippen molar-refractivity contribution in [1.29, 1.82) is 5.26 Å². The molecule has 0 amide bonds. The fourth-order valence-corrected chi connectivity index (χ4v) is 3.45. The van der Waals surface area contributed by atoms with Crippen LogP contribution in [0.1, 0.15) is 36.0 Å². The van der Waals surface area contributed by atoms with Crippen molar-refractivity contribution in [3.05, 3.63) is 65.0 Å². The molecule has 1 saturated heterocycles. The summed E-state index contributed by atoms with van der Waals surface area (Å²) in [4.78, 5) is 6.83. The Balaban J connectivity index is 0.00000300. The van der Waals surface area contributed by atoms with E-state index in [1.54, 1.807) is 13.2 Å². The van der Waals surface area contributed by atoms with Crippen molar-refractivity contribution in [2.45, 2.75) is 25.8 Å². The Hall–Kier alpha value is -2.34. The van der Waals surface area contributed by atoms with E-state index < -0.39 is 0 Å². The molecule has 1 aliphatic heterocycles. The second-order valence-electron chi connectivity index (χ2n) is 6.79. The molecule has 154 valence electrons. The van der Waals surface area contributed by atoms with E-state index in [1.165, 1.54) is 17.7 Å². The molecular weight excluding hydrogens is 482 g/mol. The van der Waals surface area contributed by atoms with E-state index in [0.29, 0.717) is 17.0 Å². The van der Waals surface area contributed by atoms with Crippen molar-refractivity contribution in [2.75, 3.05) is 26.7 Å². The van der Waals surface area contributed by atoms with Gasteiger partial charge in [0.15, 0.2) is 5.96 Å². The van der Waals surface area contributed by atoms with Crippen LogP contribution in [-0.2, 0) is 6.54 Å². The van der Waals surface area contributed by atoms with Crippen LogP contribution in [0.15, 0.2) is 47.5 Å². The number of nitriles is 1. The van der Waals surface area contributed by atoms with Gasteiger partial charge in [0, 0.05) is 31.1 Å². The topological polar surface area (TPSA) is 60.7 Å². The third-order valence-corrected chi connectivity index (χ3v) is 4.98. The highest BCUT2D eigenvalue weighted by atomic mass is 127. The molecule has 7 heteroatoms. The van der Waals surface area contributed by atoms with Gasteiger partial charge in [0.05, 0.1) is 25.3 Å². The molecule has 1 aliphatic rings. The molecule has 2 aromatic carbocycles. The summed E-state index contributed by atoms with van der Waals surface area (Å²) in [5, 5.41) is 12.3. The molecule has 0 aliphatic carbocycles. The van der Waals surface area contributed by atoms with Gasteiger partial charge in [0.1, 0.15) is 11.6 Å². The Kier molecular flexibility index (Phi) is 8.70. The van der Waals surface area contributed by atoms with Crippen molar-refractivity contribution in [3.8, 4) is 11.8 Å². The Bertz CT molecular complexity index is 879. The first kappa shape index (κ1) is 22.9. The molecule has 1 fully saturated rings. The summed E-state index contributed by atoms with van der Waals surface area (Å²) in [6.07, 6.45) is 1.04. The standard InChI is InChI=1S/C22H25FN4O.HI/c1-3-25-22(26-14-19-12-16(13-24)4-9-21(19)23)27-11-10-18(15-27)17-5-7-20(28-2)8-6-17;/h4-9,12,18H,3,10-11,14-15H2,1-2H3,(H,25,26);1H. The molecule has 1 heterocycles.